The molecule has 14 nitrogen and oxygen atoms in total. The molecule has 3 saturated heterocycles. The minimum atomic E-state index is -4.86. The summed E-state index contributed by atoms with van der Waals surface area (Å²) in [7, 11) is -4.86. The van der Waals surface area contributed by atoms with E-state index in [9.17, 15) is 39.1 Å². The van der Waals surface area contributed by atoms with Crippen molar-refractivity contribution < 1.29 is 66.7 Å². The molecule has 7 N–H and O–H groups in total. The van der Waals surface area contributed by atoms with E-state index in [4.69, 9.17) is 23.5 Å². The number of rotatable bonds is 5. The van der Waals surface area contributed by atoms with E-state index in [1.807, 2.05) is 0 Å². The molecule has 3 aliphatic rings. The Bertz CT molecular complexity index is 638. The van der Waals surface area contributed by atoms with Gasteiger partial charge in [0.15, 0.2) is 6.29 Å². The number of hydrogen-bond donors (Lipinski definition) is 7. The van der Waals surface area contributed by atoms with E-state index in [1.54, 1.807) is 0 Å². The van der Waals surface area contributed by atoms with E-state index >= 15 is 0 Å². The molecule has 0 amide bonds. The molecular weight excluding hydrogens is 400 g/mol. The molecule has 3 rings (SSSR count). The van der Waals surface area contributed by atoms with Gasteiger partial charge in [0.1, 0.15) is 42.7 Å². The Kier molecular flexibility index (Phi) is 5.79. The van der Waals surface area contributed by atoms with Gasteiger partial charge in [0.05, 0.1) is 13.2 Å². The molecule has 0 saturated carbocycles. The molecule has 0 aromatic rings. The third-order valence-corrected chi connectivity index (χ3v) is 4.97. The van der Waals surface area contributed by atoms with Crippen LogP contribution in [0.4, 0.5) is 0 Å². The van der Waals surface area contributed by atoms with E-state index in [0.29, 0.717) is 0 Å². The van der Waals surface area contributed by atoms with Crippen LogP contribution in [0.3, 0.4) is 0 Å². The first-order valence-electron chi connectivity index (χ1n) is 7.78. The third-order valence-electron chi connectivity index (χ3n) is 4.53. The van der Waals surface area contributed by atoms with Gasteiger partial charge in [0.25, 0.3) is 0 Å². The summed E-state index contributed by atoms with van der Waals surface area (Å²) in [5, 5.41) is 59.1. The maximum absolute atomic E-state index is 10.7. The summed E-state index contributed by atoms with van der Waals surface area (Å²) < 4.78 is 54.7. The summed E-state index contributed by atoms with van der Waals surface area (Å²) in [4.78, 5) is 0. The Morgan fingerprint density at radius 2 is 1.70 bits per heavy atom. The van der Waals surface area contributed by atoms with E-state index < -0.39 is 78.1 Å². The molecule has 2 bridgehead atoms. The van der Waals surface area contributed by atoms with Crippen LogP contribution in [0.5, 0.6) is 0 Å². The smallest absolute Gasteiger partial charge is 0.387 e. The zero-order valence-corrected chi connectivity index (χ0v) is 14.3. The van der Waals surface area contributed by atoms with Gasteiger partial charge < -0.3 is 49.6 Å². The molecule has 3 fully saturated rings. The third kappa shape index (κ3) is 4.10. The number of fused-ring (bicyclic) bond motifs is 2. The highest BCUT2D eigenvalue weighted by molar-refractivity contribution is 7.80. The van der Waals surface area contributed by atoms with Gasteiger partial charge >= 0.3 is 10.4 Å². The normalized spacial score (nSPS) is 47.1. The molecule has 0 aliphatic carbocycles. The Balaban J connectivity index is 1.72. The SMILES string of the molecule is O=S(=O)(O)OCC1O[C@@H](O[C@@H]2C3CO[C@@H]2C(O)(O)[C@H](O)O3)C(O)[C@@H](O)[C@H]1O. The fourth-order valence-corrected chi connectivity index (χ4v) is 3.41. The fourth-order valence-electron chi connectivity index (χ4n) is 3.10. The van der Waals surface area contributed by atoms with Gasteiger partial charge in [-0.1, -0.05) is 0 Å². The topological polar surface area (TPSA) is 222 Å². The van der Waals surface area contributed by atoms with Crippen molar-refractivity contribution in [3.8, 4) is 0 Å². The van der Waals surface area contributed by atoms with Crippen LogP contribution < -0.4 is 0 Å². The zero-order valence-electron chi connectivity index (χ0n) is 13.5. The predicted octanol–water partition coefficient (Wildman–Crippen LogP) is -5.20. The minimum Gasteiger partial charge on any atom is -0.387 e. The van der Waals surface area contributed by atoms with Crippen LogP contribution >= 0.6 is 0 Å². The van der Waals surface area contributed by atoms with Crippen molar-refractivity contribution in [1.29, 1.82) is 0 Å². The first-order valence-corrected chi connectivity index (χ1v) is 9.15. The van der Waals surface area contributed by atoms with Crippen LogP contribution in [0.25, 0.3) is 0 Å². The van der Waals surface area contributed by atoms with Crippen LogP contribution in [0.2, 0.25) is 0 Å². The van der Waals surface area contributed by atoms with E-state index in [0.717, 1.165) is 0 Å². The van der Waals surface area contributed by atoms with Crippen LogP contribution in [-0.4, -0.2) is 118 Å². The summed E-state index contributed by atoms with van der Waals surface area (Å²) in [6.07, 6.45) is -14.4. The lowest BCUT2D eigenvalue weighted by Crippen LogP contribution is -2.66. The average molecular weight is 420 g/mol. The second-order valence-corrected chi connectivity index (χ2v) is 7.48. The van der Waals surface area contributed by atoms with E-state index in [2.05, 4.69) is 4.18 Å². The first kappa shape index (κ1) is 21.2. The molecule has 27 heavy (non-hydrogen) atoms. The highest BCUT2D eigenvalue weighted by Crippen LogP contribution is 2.38. The van der Waals surface area contributed by atoms with Crippen molar-refractivity contribution in [1.82, 2.24) is 0 Å². The van der Waals surface area contributed by atoms with Gasteiger partial charge in [0.2, 0.25) is 12.1 Å². The van der Waals surface area contributed by atoms with Gasteiger partial charge in [-0.15, -0.1) is 0 Å². The molecule has 0 radical (unpaired) electrons. The largest absolute Gasteiger partial charge is 0.397 e. The van der Waals surface area contributed by atoms with Crippen molar-refractivity contribution in [3.05, 3.63) is 0 Å². The van der Waals surface area contributed by atoms with Crippen molar-refractivity contribution in [2.24, 2.45) is 0 Å². The Hall–Kier alpha value is -0.530. The highest BCUT2D eigenvalue weighted by Gasteiger charge is 2.61. The Morgan fingerprint density at radius 3 is 2.33 bits per heavy atom. The molecule has 0 spiro atoms. The number of ether oxygens (including phenoxy) is 4. The monoisotopic (exact) mass is 420 g/mol. The predicted molar refractivity (Wildman–Crippen MR) is 76.8 cm³/mol. The van der Waals surface area contributed by atoms with Crippen molar-refractivity contribution in [2.45, 2.75) is 61.1 Å². The van der Waals surface area contributed by atoms with Gasteiger partial charge in [-0.3, -0.25) is 4.55 Å². The summed E-state index contributed by atoms with van der Waals surface area (Å²) in [6, 6.07) is 0. The van der Waals surface area contributed by atoms with Crippen LogP contribution in [0.15, 0.2) is 0 Å². The fraction of sp³-hybridized carbons (Fsp3) is 1.00. The van der Waals surface area contributed by atoms with Crippen LogP contribution in [0.1, 0.15) is 0 Å². The van der Waals surface area contributed by atoms with Gasteiger partial charge in [0, 0.05) is 0 Å². The maximum Gasteiger partial charge on any atom is 0.397 e. The zero-order chi connectivity index (χ0) is 20.1. The van der Waals surface area contributed by atoms with Crippen molar-refractivity contribution in [3.63, 3.8) is 0 Å². The lowest BCUT2D eigenvalue weighted by atomic mass is 9.97. The lowest BCUT2D eigenvalue weighted by molar-refractivity contribution is -0.391. The van der Waals surface area contributed by atoms with Gasteiger partial charge in [-0.05, 0) is 0 Å². The number of hydrogen-bond acceptors (Lipinski definition) is 13. The average Bonchev–Trinajstić information content (AvgIpc) is 2.91. The molecule has 9 atom stereocenters. The number of aliphatic hydroxyl groups excluding tert-OH is 4. The van der Waals surface area contributed by atoms with Gasteiger partial charge in [-0.25, -0.2) is 4.18 Å². The Labute approximate surface area is 152 Å². The standard InChI is InChI=1S/C12H20O14S/c13-5-3(2-23-27(19,20)21)24-10(7(15)6(5)14)26-8-4-1-22-9(8)12(17,18)11(16)25-4/h3-11,13-18H,1-2H2,(H,19,20,21)/t3?,4?,5-,6-,7?,8+,9-,10-,11+/m0/s1. The van der Waals surface area contributed by atoms with E-state index in [-0.39, 0.29) is 6.61 Å². The molecule has 3 unspecified atom stereocenters. The number of aliphatic hydroxyl groups is 6. The molecular formula is C12H20O14S. The van der Waals surface area contributed by atoms with Crippen LogP contribution in [-0.2, 0) is 33.5 Å². The lowest BCUT2D eigenvalue weighted by Gasteiger charge is -2.44. The molecule has 0 aromatic heterocycles. The van der Waals surface area contributed by atoms with Crippen LogP contribution in [0, 0.1) is 0 Å². The van der Waals surface area contributed by atoms with Crippen molar-refractivity contribution in [2.75, 3.05) is 13.2 Å². The minimum absolute atomic E-state index is 0.182. The van der Waals surface area contributed by atoms with Gasteiger partial charge in [-0.2, -0.15) is 8.42 Å². The molecule has 3 aliphatic heterocycles. The van der Waals surface area contributed by atoms with E-state index in [1.165, 1.54) is 0 Å². The molecule has 3 heterocycles. The highest BCUT2D eigenvalue weighted by atomic mass is 32.3. The summed E-state index contributed by atoms with van der Waals surface area (Å²) in [5.41, 5.74) is 0. The molecule has 0 aromatic carbocycles. The Morgan fingerprint density at radius 1 is 1.04 bits per heavy atom. The molecule has 158 valence electrons. The summed E-state index contributed by atoms with van der Waals surface area (Å²) >= 11 is 0. The van der Waals surface area contributed by atoms with Crippen molar-refractivity contribution >= 4 is 10.4 Å². The quantitative estimate of drug-likeness (QED) is 0.163. The maximum atomic E-state index is 10.7. The summed E-state index contributed by atoms with van der Waals surface area (Å²) in [6.45, 7) is -1.09. The summed E-state index contributed by atoms with van der Waals surface area (Å²) in [5.74, 6) is -2.83. The first-order chi connectivity index (χ1) is 12.4. The molecule has 15 heteroatoms. The second-order valence-electron chi connectivity index (χ2n) is 6.39. The second kappa shape index (κ2) is 7.38.